The normalized spacial score (nSPS) is 11.9. The van der Waals surface area contributed by atoms with Crippen LogP contribution in [0.25, 0.3) is 11.0 Å². The molecule has 1 aromatic carbocycles. The van der Waals surface area contributed by atoms with Crippen molar-refractivity contribution in [2.75, 3.05) is 6.26 Å². The zero-order chi connectivity index (χ0) is 12.8. The Morgan fingerprint density at radius 2 is 2.00 bits per heavy atom. The Balaban J connectivity index is 2.93. The smallest absolute Gasteiger partial charge is 0.195 e. The Hall–Kier alpha value is -1.69. The maximum Gasteiger partial charge on any atom is 0.195 e. The standard InChI is InChI=1S/C11H12N2O3S/c1-7(14)11-12-10-8(13(11)2)5-4-6-9(10)17(3,15)16/h4-6H,1-3H3. The van der Waals surface area contributed by atoms with Gasteiger partial charge in [-0.3, -0.25) is 4.79 Å². The molecule has 0 radical (unpaired) electrons. The number of aryl methyl sites for hydroxylation is 1. The molecule has 17 heavy (non-hydrogen) atoms. The predicted octanol–water partition coefficient (Wildman–Crippen LogP) is 1.18. The van der Waals surface area contributed by atoms with Gasteiger partial charge in [0.1, 0.15) is 5.52 Å². The number of nitrogens with zero attached hydrogens (tertiary/aromatic N) is 2. The second-order valence-corrected chi connectivity index (χ2v) is 5.93. The first kappa shape index (κ1) is 11.8. The van der Waals surface area contributed by atoms with Gasteiger partial charge in [-0.1, -0.05) is 6.07 Å². The molecule has 2 rings (SSSR count). The number of carbonyl (C=O) groups excluding carboxylic acids is 1. The van der Waals surface area contributed by atoms with Gasteiger partial charge in [0.2, 0.25) is 0 Å². The predicted molar refractivity (Wildman–Crippen MR) is 63.8 cm³/mol. The molecule has 0 N–H and O–H groups in total. The summed E-state index contributed by atoms with van der Waals surface area (Å²) >= 11 is 0. The van der Waals surface area contributed by atoms with Crippen LogP contribution in [-0.2, 0) is 16.9 Å². The summed E-state index contributed by atoms with van der Waals surface area (Å²) in [5.41, 5.74) is 0.987. The molecule has 0 fully saturated rings. The molecule has 0 saturated carbocycles. The largest absolute Gasteiger partial charge is 0.325 e. The van der Waals surface area contributed by atoms with Crippen LogP contribution >= 0.6 is 0 Å². The number of hydrogen-bond acceptors (Lipinski definition) is 4. The molecule has 0 spiro atoms. The van der Waals surface area contributed by atoms with E-state index >= 15 is 0 Å². The van der Waals surface area contributed by atoms with Crippen molar-refractivity contribution in [3.05, 3.63) is 24.0 Å². The number of ketones is 1. The van der Waals surface area contributed by atoms with E-state index < -0.39 is 9.84 Å². The molecule has 0 aliphatic heterocycles. The SMILES string of the molecule is CC(=O)c1nc2c(S(C)(=O)=O)cccc2n1C. The van der Waals surface area contributed by atoms with Crippen molar-refractivity contribution in [3.63, 3.8) is 0 Å². The summed E-state index contributed by atoms with van der Waals surface area (Å²) in [6.45, 7) is 1.40. The van der Waals surface area contributed by atoms with Crippen molar-refractivity contribution in [1.29, 1.82) is 0 Å². The summed E-state index contributed by atoms with van der Waals surface area (Å²) in [6, 6.07) is 4.88. The minimum Gasteiger partial charge on any atom is -0.325 e. The zero-order valence-corrected chi connectivity index (χ0v) is 10.6. The highest BCUT2D eigenvalue weighted by Crippen LogP contribution is 2.23. The summed E-state index contributed by atoms with van der Waals surface area (Å²) in [6.07, 6.45) is 1.13. The monoisotopic (exact) mass is 252 g/mol. The topological polar surface area (TPSA) is 69.0 Å². The Labute approximate surface area is 99.0 Å². The van der Waals surface area contributed by atoms with E-state index in [1.807, 2.05) is 0 Å². The second kappa shape index (κ2) is 3.66. The van der Waals surface area contributed by atoms with Gasteiger partial charge in [0.05, 0.1) is 10.4 Å². The molecule has 6 heteroatoms. The number of benzene rings is 1. The summed E-state index contributed by atoms with van der Waals surface area (Å²) in [4.78, 5) is 15.6. The highest BCUT2D eigenvalue weighted by molar-refractivity contribution is 7.91. The van der Waals surface area contributed by atoms with Crippen LogP contribution in [0.3, 0.4) is 0 Å². The zero-order valence-electron chi connectivity index (χ0n) is 9.76. The summed E-state index contributed by atoms with van der Waals surface area (Å²) < 4.78 is 24.8. The lowest BCUT2D eigenvalue weighted by atomic mass is 10.3. The Morgan fingerprint density at radius 3 is 2.53 bits per heavy atom. The third-order valence-corrected chi connectivity index (χ3v) is 3.72. The lowest BCUT2D eigenvalue weighted by molar-refractivity contribution is 0.100. The molecule has 0 aliphatic rings. The first-order valence-corrected chi connectivity index (χ1v) is 6.88. The quantitative estimate of drug-likeness (QED) is 0.752. The lowest BCUT2D eigenvalue weighted by Crippen LogP contribution is -2.02. The number of fused-ring (bicyclic) bond motifs is 1. The van der Waals surface area contributed by atoms with E-state index in [1.165, 1.54) is 13.0 Å². The second-order valence-electron chi connectivity index (χ2n) is 3.95. The van der Waals surface area contributed by atoms with Crippen LogP contribution in [0, 0.1) is 0 Å². The third kappa shape index (κ3) is 1.84. The molecule has 0 unspecified atom stereocenters. The van der Waals surface area contributed by atoms with Crippen molar-refractivity contribution < 1.29 is 13.2 Å². The molecule has 1 aromatic heterocycles. The molecule has 90 valence electrons. The van der Waals surface area contributed by atoms with E-state index in [9.17, 15) is 13.2 Å². The molecular weight excluding hydrogens is 240 g/mol. The van der Waals surface area contributed by atoms with E-state index in [0.717, 1.165) is 6.26 Å². The van der Waals surface area contributed by atoms with Gasteiger partial charge in [0.25, 0.3) is 0 Å². The summed E-state index contributed by atoms with van der Waals surface area (Å²) in [7, 11) is -1.65. The Bertz CT molecular complexity index is 714. The van der Waals surface area contributed by atoms with Crippen molar-refractivity contribution in [2.24, 2.45) is 7.05 Å². The van der Waals surface area contributed by atoms with Gasteiger partial charge in [-0.15, -0.1) is 0 Å². The first-order valence-electron chi connectivity index (χ1n) is 4.99. The van der Waals surface area contributed by atoms with Gasteiger partial charge < -0.3 is 4.57 Å². The van der Waals surface area contributed by atoms with Crippen molar-refractivity contribution in [1.82, 2.24) is 9.55 Å². The molecule has 0 aliphatic carbocycles. The number of para-hydroxylation sites is 1. The number of carbonyl (C=O) groups is 1. The first-order chi connectivity index (χ1) is 7.82. The van der Waals surface area contributed by atoms with Crippen molar-refractivity contribution >= 4 is 26.7 Å². The fraction of sp³-hybridized carbons (Fsp3) is 0.273. The number of imidazole rings is 1. The Morgan fingerprint density at radius 1 is 1.35 bits per heavy atom. The molecule has 0 atom stereocenters. The minimum absolute atomic E-state index is 0.151. The molecule has 5 nitrogen and oxygen atoms in total. The molecule has 2 aromatic rings. The average molecular weight is 252 g/mol. The number of sulfone groups is 1. The van der Waals surface area contributed by atoms with Gasteiger partial charge in [0.15, 0.2) is 21.4 Å². The van der Waals surface area contributed by atoms with Crippen LogP contribution in [0.4, 0.5) is 0 Å². The van der Waals surface area contributed by atoms with Gasteiger partial charge in [-0.25, -0.2) is 13.4 Å². The van der Waals surface area contributed by atoms with Crippen LogP contribution in [-0.4, -0.2) is 30.0 Å². The fourth-order valence-electron chi connectivity index (χ4n) is 1.80. The minimum atomic E-state index is -3.35. The van der Waals surface area contributed by atoms with Crippen LogP contribution in [0.15, 0.2) is 23.1 Å². The van der Waals surface area contributed by atoms with Crippen LogP contribution in [0.5, 0.6) is 0 Å². The maximum absolute atomic E-state index is 11.6. The van der Waals surface area contributed by atoms with Crippen LogP contribution in [0.2, 0.25) is 0 Å². The van der Waals surface area contributed by atoms with E-state index in [-0.39, 0.29) is 16.5 Å². The molecule has 0 amide bonds. The summed E-state index contributed by atoms with van der Waals surface area (Å²) in [5.74, 6) is 0.0688. The highest BCUT2D eigenvalue weighted by Gasteiger charge is 2.18. The van der Waals surface area contributed by atoms with E-state index in [4.69, 9.17) is 0 Å². The highest BCUT2D eigenvalue weighted by atomic mass is 32.2. The number of rotatable bonds is 2. The molecule has 1 heterocycles. The number of Topliss-reactive ketones (excluding diaryl/α,β-unsaturated/α-hetero) is 1. The van der Waals surface area contributed by atoms with Gasteiger partial charge in [-0.2, -0.15) is 0 Å². The van der Waals surface area contributed by atoms with Crippen molar-refractivity contribution in [3.8, 4) is 0 Å². The average Bonchev–Trinajstić information content (AvgIpc) is 2.55. The third-order valence-electron chi connectivity index (χ3n) is 2.59. The molecule has 0 bridgehead atoms. The lowest BCUT2D eigenvalue weighted by Gasteiger charge is -2.00. The summed E-state index contributed by atoms with van der Waals surface area (Å²) in [5, 5.41) is 0. The van der Waals surface area contributed by atoms with Gasteiger partial charge in [0, 0.05) is 20.2 Å². The fourth-order valence-corrected chi connectivity index (χ4v) is 2.63. The van der Waals surface area contributed by atoms with E-state index in [2.05, 4.69) is 4.98 Å². The number of aromatic nitrogens is 2. The molecule has 0 saturated heterocycles. The number of hydrogen-bond donors (Lipinski definition) is 0. The van der Waals surface area contributed by atoms with Crippen LogP contribution < -0.4 is 0 Å². The Kier molecular flexibility index (Phi) is 2.54. The van der Waals surface area contributed by atoms with Crippen LogP contribution in [0.1, 0.15) is 17.5 Å². The van der Waals surface area contributed by atoms with E-state index in [0.29, 0.717) is 11.0 Å². The van der Waals surface area contributed by atoms with Gasteiger partial charge >= 0.3 is 0 Å². The van der Waals surface area contributed by atoms with Crippen molar-refractivity contribution in [2.45, 2.75) is 11.8 Å². The van der Waals surface area contributed by atoms with E-state index in [1.54, 1.807) is 23.7 Å². The maximum atomic E-state index is 11.6. The van der Waals surface area contributed by atoms with Gasteiger partial charge in [-0.05, 0) is 12.1 Å². The molecular formula is C11H12N2O3S.